The molecule has 2 aromatic carbocycles. The topological polar surface area (TPSA) is 30.5 Å². The first-order valence-corrected chi connectivity index (χ1v) is 9.58. The molecule has 1 N–H and O–H groups in total. The molecule has 0 aliphatic carbocycles. The van der Waals surface area contributed by atoms with E-state index in [-0.39, 0.29) is 12.1 Å². The highest BCUT2D eigenvalue weighted by atomic mass is 35.5. The number of nitrogens with one attached hydrogen (secondary N) is 1. The van der Waals surface area contributed by atoms with Gasteiger partial charge in [0.25, 0.3) is 0 Å². The van der Waals surface area contributed by atoms with Gasteiger partial charge in [0.2, 0.25) is 0 Å². The van der Waals surface area contributed by atoms with Crippen LogP contribution in [0.3, 0.4) is 0 Å². The highest BCUT2D eigenvalue weighted by Crippen LogP contribution is 2.35. The van der Waals surface area contributed by atoms with Crippen LogP contribution in [-0.2, 0) is 13.2 Å². The highest BCUT2D eigenvalue weighted by Gasteiger charge is 2.17. The van der Waals surface area contributed by atoms with Crippen molar-refractivity contribution in [1.29, 1.82) is 0 Å². The molecule has 2 rings (SSSR count). The molecule has 0 amide bonds. The van der Waals surface area contributed by atoms with E-state index < -0.39 is 0 Å². The zero-order chi connectivity index (χ0) is 19.3. The molecular weight excluding hydrogens is 393 g/mol. The Labute approximate surface area is 170 Å². The van der Waals surface area contributed by atoms with E-state index in [1.165, 1.54) is 0 Å². The van der Waals surface area contributed by atoms with Crippen molar-refractivity contribution in [1.82, 2.24) is 5.32 Å². The van der Waals surface area contributed by atoms with E-state index in [2.05, 4.69) is 26.1 Å². The van der Waals surface area contributed by atoms with Crippen LogP contribution < -0.4 is 14.8 Å². The van der Waals surface area contributed by atoms with Crippen LogP contribution in [0.5, 0.6) is 11.5 Å². The van der Waals surface area contributed by atoms with Crippen LogP contribution in [0.1, 0.15) is 38.3 Å². The van der Waals surface area contributed by atoms with E-state index in [1.807, 2.05) is 6.07 Å². The molecule has 0 heterocycles. The van der Waals surface area contributed by atoms with Crippen LogP contribution in [0.25, 0.3) is 0 Å². The smallest absolute Gasteiger partial charge is 0.163 e. The fourth-order valence-electron chi connectivity index (χ4n) is 2.26. The number of hydrogen-bond acceptors (Lipinski definition) is 3. The standard InChI is InChI=1S/C20H24Cl3NO2/c1-5-20(2,3)24-11-13-9-18(25-4)19(10-17(13)23)26-12-14-15(21)7-6-8-16(14)22/h6-10,24H,5,11-12H2,1-4H3. The third kappa shape index (κ3) is 5.43. The fourth-order valence-corrected chi connectivity index (χ4v) is 2.99. The van der Waals surface area contributed by atoms with Gasteiger partial charge in [0.05, 0.1) is 7.11 Å². The third-order valence-corrected chi connectivity index (χ3v) is 5.47. The van der Waals surface area contributed by atoms with E-state index in [0.29, 0.717) is 33.1 Å². The van der Waals surface area contributed by atoms with E-state index in [0.717, 1.165) is 17.5 Å². The summed E-state index contributed by atoms with van der Waals surface area (Å²) in [6.45, 7) is 7.33. The molecule has 6 heteroatoms. The molecule has 0 saturated carbocycles. The second-order valence-electron chi connectivity index (χ2n) is 6.67. The molecule has 0 saturated heterocycles. The number of hydrogen-bond donors (Lipinski definition) is 1. The van der Waals surface area contributed by atoms with E-state index in [1.54, 1.807) is 31.4 Å². The maximum Gasteiger partial charge on any atom is 0.163 e. The fraction of sp³-hybridized carbons (Fsp3) is 0.400. The first kappa shape index (κ1) is 21.2. The van der Waals surface area contributed by atoms with Crippen molar-refractivity contribution >= 4 is 34.8 Å². The molecule has 0 radical (unpaired) electrons. The normalized spacial score (nSPS) is 11.5. The third-order valence-electron chi connectivity index (χ3n) is 4.41. The number of ether oxygens (including phenoxy) is 2. The zero-order valence-corrected chi connectivity index (χ0v) is 17.7. The number of rotatable bonds is 8. The van der Waals surface area contributed by atoms with Crippen LogP contribution in [0.4, 0.5) is 0 Å². The molecule has 26 heavy (non-hydrogen) atoms. The SMILES string of the molecule is CCC(C)(C)NCc1cc(OC)c(OCc2c(Cl)cccc2Cl)cc1Cl. The second-order valence-corrected chi connectivity index (χ2v) is 7.90. The van der Waals surface area contributed by atoms with Crippen LogP contribution in [0.2, 0.25) is 15.1 Å². The van der Waals surface area contributed by atoms with Gasteiger partial charge >= 0.3 is 0 Å². The summed E-state index contributed by atoms with van der Waals surface area (Å²) >= 11 is 18.8. The van der Waals surface area contributed by atoms with Gasteiger partial charge in [0, 0.05) is 38.8 Å². The van der Waals surface area contributed by atoms with Gasteiger partial charge in [-0.05, 0) is 44.0 Å². The number of methoxy groups -OCH3 is 1. The van der Waals surface area contributed by atoms with Gasteiger partial charge < -0.3 is 14.8 Å². The van der Waals surface area contributed by atoms with Gasteiger partial charge in [-0.1, -0.05) is 47.8 Å². The lowest BCUT2D eigenvalue weighted by Crippen LogP contribution is -2.37. The molecular formula is C20H24Cl3NO2. The molecule has 3 nitrogen and oxygen atoms in total. The molecule has 0 atom stereocenters. The molecule has 0 unspecified atom stereocenters. The Morgan fingerprint density at radius 1 is 1.00 bits per heavy atom. The average Bonchev–Trinajstić information content (AvgIpc) is 2.60. The zero-order valence-electron chi connectivity index (χ0n) is 15.5. The summed E-state index contributed by atoms with van der Waals surface area (Å²) in [5, 5.41) is 5.23. The van der Waals surface area contributed by atoms with Gasteiger partial charge in [0.15, 0.2) is 11.5 Å². The lowest BCUT2D eigenvalue weighted by molar-refractivity contribution is 0.284. The van der Waals surface area contributed by atoms with Crippen LogP contribution >= 0.6 is 34.8 Å². The van der Waals surface area contributed by atoms with Crippen LogP contribution in [-0.4, -0.2) is 12.6 Å². The first-order valence-electron chi connectivity index (χ1n) is 8.44. The molecule has 0 spiro atoms. The van der Waals surface area contributed by atoms with Crippen molar-refractivity contribution in [3.8, 4) is 11.5 Å². The van der Waals surface area contributed by atoms with E-state index >= 15 is 0 Å². The summed E-state index contributed by atoms with van der Waals surface area (Å²) in [5.74, 6) is 1.16. The molecule has 0 fully saturated rings. The quantitative estimate of drug-likeness (QED) is 0.532. The summed E-state index contributed by atoms with van der Waals surface area (Å²) in [5.41, 5.74) is 1.71. The Balaban J connectivity index is 2.18. The average molecular weight is 417 g/mol. The predicted molar refractivity (Wildman–Crippen MR) is 110 cm³/mol. The highest BCUT2D eigenvalue weighted by molar-refractivity contribution is 6.36. The van der Waals surface area contributed by atoms with E-state index in [9.17, 15) is 0 Å². The van der Waals surface area contributed by atoms with Gasteiger partial charge in [-0.15, -0.1) is 0 Å². The minimum atomic E-state index is 0.0343. The lowest BCUT2D eigenvalue weighted by Gasteiger charge is -2.25. The minimum Gasteiger partial charge on any atom is -0.493 e. The summed E-state index contributed by atoms with van der Waals surface area (Å²) in [7, 11) is 1.60. The number of halogens is 3. The molecule has 0 aromatic heterocycles. The van der Waals surface area contributed by atoms with Crippen molar-refractivity contribution in [3.63, 3.8) is 0 Å². The largest absolute Gasteiger partial charge is 0.493 e. The first-order chi connectivity index (χ1) is 12.3. The van der Waals surface area contributed by atoms with E-state index in [4.69, 9.17) is 44.3 Å². The van der Waals surface area contributed by atoms with Crippen molar-refractivity contribution in [2.45, 2.75) is 45.9 Å². The van der Waals surface area contributed by atoms with Crippen LogP contribution in [0.15, 0.2) is 30.3 Å². The molecule has 0 bridgehead atoms. The molecule has 0 aliphatic rings. The van der Waals surface area contributed by atoms with Crippen LogP contribution in [0, 0.1) is 0 Å². The Kier molecular flexibility index (Phi) is 7.48. The molecule has 0 aliphatic heterocycles. The van der Waals surface area contributed by atoms with Crippen molar-refractivity contribution in [2.75, 3.05) is 7.11 Å². The van der Waals surface area contributed by atoms with Gasteiger partial charge in [0.1, 0.15) is 6.61 Å². The van der Waals surface area contributed by atoms with Crippen molar-refractivity contribution < 1.29 is 9.47 Å². The summed E-state index contributed by atoms with van der Waals surface area (Å²) in [6.07, 6.45) is 1.02. The van der Waals surface area contributed by atoms with Gasteiger partial charge in [-0.2, -0.15) is 0 Å². The van der Waals surface area contributed by atoms with Gasteiger partial charge in [-0.3, -0.25) is 0 Å². The second kappa shape index (κ2) is 9.18. The Bertz CT molecular complexity index is 743. The maximum atomic E-state index is 6.45. The maximum absolute atomic E-state index is 6.45. The number of benzene rings is 2. The van der Waals surface area contributed by atoms with Crippen molar-refractivity contribution in [3.05, 3.63) is 56.5 Å². The minimum absolute atomic E-state index is 0.0343. The molecule has 2 aromatic rings. The van der Waals surface area contributed by atoms with Crippen molar-refractivity contribution in [2.24, 2.45) is 0 Å². The molecule has 142 valence electrons. The Morgan fingerprint density at radius 3 is 2.23 bits per heavy atom. The Hall–Kier alpha value is -1.13. The van der Waals surface area contributed by atoms with Gasteiger partial charge in [-0.25, -0.2) is 0 Å². The monoisotopic (exact) mass is 415 g/mol. The predicted octanol–water partition coefficient (Wildman–Crippen LogP) is 6.51. The Morgan fingerprint density at radius 2 is 1.65 bits per heavy atom. The summed E-state index contributed by atoms with van der Waals surface area (Å²) < 4.78 is 11.4. The summed E-state index contributed by atoms with van der Waals surface area (Å²) in [4.78, 5) is 0. The summed E-state index contributed by atoms with van der Waals surface area (Å²) in [6, 6.07) is 9.01. The lowest BCUT2D eigenvalue weighted by atomic mass is 10.0.